The van der Waals surface area contributed by atoms with E-state index in [9.17, 15) is 4.79 Å². The van der Waals surface area contributed by atoms with E-state index < -0.39 is 0 Å². The summed E-state index contributed by atoms with van der Waals surface area (Å²) in [4.78, 5) is 12.1. The number of amides is 1. The van der Waals surface area contributed by atoms with E-state index >= 15 is 0 Å². The van der Waals surface area contributed by atoms with Crippen molar-refractivity contribution in [1.82, 2.24) is 10.6 Å². The predicted octanol–water partition coefficient (Wildman–Crippen LogP) is 2.86. The van der Waals surface area contributed by atoms with Crippen molar-refractivity contribution in [3.8, 4) is 0 Å². The van der Waals surface area contributed by atoms with Crippen LogP contribution < -0.4 is 10.6 Å². The number of hydrogen-bond donors (Lipinski definition) is 2. The molecule has 3 nitrogen and oxygen atoms in total. The summed E-state index contributed by atoms with van der Waals surface area (Å²) in [6.45, 7) is 3.10. The van der Waals surface area contributed by atoms with Crippen molar-refractivity contribution < 1.29 is 4.79 Å². The number of hydrogen-bond acceptors (Lipinski definition) is 2. The molecule has 1 aliphatic heterocycles. The van der Waals surface area contributed by atoms with Gasteiger partial charge in [-0.15, -0.1) is 0 Å². The van der Waals surface area contributed by atoms with E-state index in [1.54, 1.807) is 18.2 Å². The normalized spacial score (nSPS) is 23.7. The number of benzene rings is 1. The second-order valence-corrected chi connectivity index (χ2v) is 5.41. The molecule has 5 heteroatoms. The molecule has 1 fully saturated rings. The molecule has 2 rings (SSSR count). The number of piperidine rings is 1. The topological polar surface area (TPSA) is 41.1 Å². The van der Waals surface area contributed by atoms with Gasteiger partial charge in [-0.3, -0.25) is 4.79 Å². The fourth-order valence-electron chi connectivity index (χ4n) is 2.13. The lowest BCUT2D eigenvalue weighted by Gasteiger charge is -2.30. The molecule has 18 heavy (non-hydrogen) atoms. The first-order chi connectivity index (χ1) is 8.58. The Morgan fingerprint density at radius 3 is 2.83 bits per heavy atom. The van der Waals surface area contributed by atoms with Crippen LogP contribution in [0.1, 0.15) is 30.1 Å². The highest BCUT2D eigenvalue weighted by molar-refractivity contribution is 6.42. The van der Waals surface area contributed by atoms with E-state index in [-0.39, 0.29) is 11.9 Å². The van der Waals surface area contributed by atoms with Crippen LogP contribution in [0.5, 0.6) is 0 Å². The number of halogens is 2. The maximum atomic E-state index is 12.1. The Bertz CT molecular complexity index is 451. The molecule has 2 unspecified atom stereocenters. The van der Waals surface area contributed by atoms with Gasteiger partial charge in [0.1, 0.15) is 0 Å². The number of nitrogens with one attached hydrogen (secondary N) is 2. The maximum Gasteiger partial charge on any atom is 0.251 e. The molecule has 1 amide bonds. The van der Waals surface area contributed by atoms with Gasteiger partial charge < -0.3 is 10.6 Å². The Hall–Kier alpha value is -0.770. The Labute approximate surface area is 117 Å². The van der Waals surface area contributed by atoms with Gasteiger partial charge in [0.2, 0.25) is 0 Å². The molecular weight excluding hydrogens is 271 g/mol. The molecule has 0 saturated carbocycles. The second-order valence-electron chi connectivity index (χ2n) is 4.59. The third kappa shape index (κ3) is 3.16. The maximum absolute atomic E-state index is 12.1. The van der Waals surface area contributed by atoms with Gasteiger partial charge in [0, 0.05) is 17.6 Å². The highest BCUT2D eigenvalue weighted by Gasteiger charge is 2.22. The third-order valence-electron chi connectivity index (χ3n) is 3.26. The van der Waals surface area contributed by atoms with Gasteiger partial charge in [0.15, 0.2) is 0 Å². The van der Waals surface area contributed by atoms with Crippen LogP contribution in [0.15, 0.2) is 18.2 Å². The van der Waals surface area contributed by atoms with Crippen LogP contribution in [-0.4, -0.2) is 24.5 Å². The van der Waals surface area contributed by atoms with Crippen LogP contribution in [0.3, 0.4) is 0 Å². The number of carbonyl (C=O) groups excluding carboxylic acids is 1. The third-order valence-corrected chi connectivity index (χ3v) is 4.00. The van der Waals surface area contributed by atoms with Crippen LogP contribution in [-0.2, 0) is 0 Å². The number of rotatable bonds is 2. The van der Waals surface area contributed by atoms with Crippen molar-refractivity contribution in [2.45, 2.75) is 31.8 Å². The van der Waals surface area contributed by atoms with Crippen LogP contribution in [0.2, 0.25) is 10.0 Å². The largest absolute Gasteiger partial charge is 0.348 e. The van der Waals surface area contributed by atoms with E-state index in [4.69, 9.17) is 23.2 Å². The first-order valence-electron chi connectivity index (χ1n) is 6.07. The van der Waals surface area contributed by atoms with E-state index in [1.807, 2.05) is 0 Å². The molecule has 1 aromatic carbocycles. The van der Waals surface area contributed by atoms with E-state index in [0.29, 0.717) is 21.7 Å². The molecule has 1 aliphatic rings. The molecule has 98 valence electrons. The van der Waals surface area contributed by atoms with Crippen LogP contribution in [0.25, 0.3) is 0 Å². The average Bonchev–Trinajstić information content (AvgIpc) is 2.35. The fraction of sp³-hybridized carbons (Fsp3) is 0.462. The van der Waals surface area contributed by atoms with Gasteiger partial charge in [-0.25, -0.2) is 0 Å². The first kappa shape index (κ1) is 13.7. The van der Waals surface area contributed by atoms with Gasteiger partial charge in [-0.05, 0) is 44.5 Å². The molecule has 2 N–H and O–H groups in total. The van der Waals surface area contributed by atoms with Crippen molar-refractivity contribution in [1.29, 1.82) is 0 Å². The summed E-state index contributed by atoms with van der Waals surface area (Å²) in [5, 5.41) is 7.24. The van der Waals surface area contributed by atoms with Gasteiger partial charge in [0.05, 0.1) is 10.0 Å². The molecule has 1 saturated heterocycles. The summed E-state index contributed by atoms with van der Waals surface area (Å²) in [5.41, 5.74) is 0.544. The standard InChI is InChI=1S/C13H16Cl2N2O/c1-8-12(3-2-6-16-8)17-13(18)9-4-5-10(14)11(15)7-9/h4-5,7-8,12,16H,2-3,6H2,1H3,(H,17,18). The van der Waals surface area contributed by atoms with Crippen LogP contribution in [0, 0.1) is 0 Å². The van der Waals surface area contributed by atoms with E-state index in [2.05, 4.69) is 17.6 Å². The molecule has 0 aromatic heterocycles. The summed E-state index contributed by atoms with van der Waals surface area (Å²) in [6.07, 6.45) is 2.08. The average molecular weight is 287 g/mol. The highest BCUT2D eigenvalue weighted by Crippen LogP contribution is 2.22. The Morgan fingerprint density at radius 1 is 1.39 bits per heavy atom. The zero-order valence-corrected chi connectivity index (χ0v) is 11.7. The minimum atomic E-state index is -0.103. The smallest absolute Gasteiger partial charge is 0.251 e. The Balaban J connectivity index is 2.04. The summed E-state index contributed by atoms with van der Waals surface area (Å²) < 4.78 is 0. The zero-order valence-electron chi connectivity index (χ0n) is 10.2. The Morgan fingerprint density at radius 2 is 2.17 bits per heavy atom. The summed E-state index contributed by atoms with van der Waals surface area (Å²) in [5.74, 6) is -0.103. The molecule has 2 atom stereocenters. The molecule has 0 spiro atoms. The molecule has 0 bridgehead atoms. The van der Waals surface area contributed by atoms with Crippen molar-refractivity contribution in [3.05, 3.63) is 33.8 Å². The lowest BCUT2D eigenvalue weighted by molar-refractivity contribution is 0.0920. The number of carbonyl (C=O) groups is 1. The minimum Gasteiger partial charge on any atom is -0.348 e. The molecular formula is C13H16Cl2N2O. The second kappa shape index (κ2) is 5.91. The molecule has 1 aromatic rings. The van der Waals surface area contributed by atoms with Gasteiger partial charge in [-0.2, -0.15) is 0 Å². The monoisotopic (exact) mass is 286 g/mol. The van der Waals surface area contributed by atoms with Crippen LogP contribution in [0.4, 0.5) is 0 Å². The molecule has 1 heterocycles. The fourth-order valence-corrected chi connectivity index (χ4v) is 2.43. The lowest BCUT2D eigenvalue weighted by atomic mass is 9.99. The quantitative estimate of drug-likeness (QED) is 0.878. The van der Waals surface area contributed by atoms with E-state index in [1.165, 1.54) is 0 Å². The Kier molecular flexibility index (Phi) is 4.49. The highest BCUT2D eigenvalue weighted by atomic mass is 35.5. The predicted molar refractivity (Wildman–Crippen MR) is 74.4 cm³/mol. The SMILES string of the molecule is CC1NCCCC1NC(=O)c1ccc(Cl)c(Cl)c1. The van der Waals surface area contributed by atoms with E-state index in [0.717, 1.165) is 19.4 Å². The summed E-state index contributed by atoms with van der Waals surface area (Å²) in [6, 6.07) is 5.39. The van der Waals surface area contributed by atoms with Gasteiger partial charge >= 0.3 is 0 Å². The zero-order chi connectivity index (χ0) is 13.1. The van der Waals surface area contributed by atoms with Crippen molar-refractivity contribution >= 4 is 29.1 Å². The first-order valence-corrected chi connectivity index (χ1v) is 6.83. The van der Waals surface area contributed by atoms with Crippen LogP contribution >= 0.6 is 23.2 Å². The van der Waals surface area contributed by atoms with Crippen molar-refractivity contribution in [2.75, 3.05) is 6.54 Å². The minimum absolute atomic E-state index is 0.103. The lowest BCUT2D eigenvalue weighted by Crippen LogP contribution is -2.51. The van der Waals surface area contributed by atoms with Gasteiger partial charge in [0.25, 0.3) is 5.91 Å². The van der Waals surface area contributed by atoms with Crippen molar-refractivity contribution in [2.24, 2.45) is 0 Å². The van der Waals surface area contributed by atoms with Crippen molar-refractivity contribution in [3.63, 3.8) is 0 Å². The van der Waals surface area contributed by atoms with Gasteiger partial charge in [-0.1, -0.05) is 23.2 Å². The molecule has 0 aliphatic carbocycles. The summed E-state index contributed by atoms with van der Waals surface area (Å²) in [7, 11) is 0. The molecule has 0 radical (unpaired) electrons. The summed E-state index contributed by atoms with van der Waals surface area (Å²) >= 11 is 11.7.